The second-order valence-electron chi connectivity index (χ2n) is 6.26. The third kappa shape index (κ3) is 7.53. The minimum Gasteiger partial charge on any atom is -0.385 e. The van der Waals surface area contributed by atoms with E-state index in [1.165, 1.54) is 0 Å². The number of guanidine groups is 1. The van der Waals surface area contributed by atoms with Gasteiger partial charge in [0.1, 0.15) is 0 Å². The van der Waals surface area contributed by atoms with Crippen molar-refractivity contribution in [2.24, 2.45) is 4.99 Å². The molecule has 0 spiro atoms. The van der Waals surface area contributed by atoms with Crippen LogP contribution >= 0.6 is 0 Å². The van der Waals surface area contributed by atoms with Gasteiger partial charge in [-0.3, -0.25) is 9.89 Å². The van der Waals surface area contributed by atoms with E-state index in [-0.39, 0.29) is 0 Å². The van der Waals surface area contributed by atoms with Crippen LogP contribution in [-0.4, -0.2) is 86.9 Å². The zero-order valence-corrected chi connectivity index (χ0v) is 16.2. The molecule has 26 heavy (non-hydrogen) atoms. The molecule has 0 radical (unpaired) electrons. The van der Waals surface area contributed by atoms with Gasteiger partial charge in [0, 0.05) is 71.9 Å². The van der Waals surface area contributed by atoms with Gasteiger partial charge in [0.2, 0.25) is 5.95 Å². The first kappa shape index (κ1) is 20.4. The zero-order valence-electron chi connectivity index (χ0n) is 16.2. The largest absolute Gasteiger partial charge is 0.385 e. The summed E-state index contributed by atoms with van der Waals surface area (Å²) in [4.78, 5) is 18.0. The van der Waals surface area contributed by atoms with Crippen LogP contribution in [0, 0.1) is 0 Å². The third-order valence-corrected chi connectivity index (χ3v) is 4.27. The van der Waals surface area contributed by atoms with Gasteiger partial charge in [-0.1, -0.05) is 0 Å². The summed E-state index contributed by atoms with van der Waals surface area (Å²) in [6, 6.07) is 1.86. The van der Waals surface area contributed by atoms with Gasteiger partial charge in [-0.2, -0.15) is 0 Å². The second-order valence-corrected chi connectivity index (χ2v) is 6.26. The quantitative estimate of drug-likeness (QED) is 0.358. The van der Waals surface area contributed by atoms with E-state index in [2.05, 4.69) is 42.3 Å². The lowest BCUT2D eigenvalue weighted by atomic mass is 10.3. The van der Waals surface area contributed by atoms with Crippen molar-refractivity contribution in [1.82, 2.24) is 25.5 Å². The van der Waals surface area contributed by atoms with Crippen molar-refractivity contribution >= 4 is 11.9 Å². The fraction of sp³-hybridized carbons (Fsp3) is 0.722. The molecule has 1 aromatic rings. The number of nitrogens with zero attached hydrogens (tertiary/aromatic N) is 5. The summed E-state index contributed by atoms with van der Waals surface area (Å²) in [5, 5.41) is 6.70. The average Bonchev–Trinajstić information content (AvgIpc) is 2.69. The fourth-order valence-corrected chi connectivity index (χ4v) is 2.88. The smallest absolute Gasteiger partial charge is 0.225 e. The van der Waals surface area contributed by atoms with E-state index < -0.39 is 0 Å². The van der Waals surface area contributed by atoms with Crippen LogP contribution in [0.4, 0.5) is 5.95 Å². The minimum absolute atomic E-state index is 0.753. The van der Waals surface area contributed by atoms with Crippen LogP contribution in [0.15, 0.2) is 23.5 Å². The van der Waals surface area contributed by atoms with Crippen molar-refractivity contribution < 1.29 is 4.74 Å². The van der Waals surface area contributed by atoms with Crippen LogP contribution in [0.3, 0.4) is 0 Å². The van der Waals surface area contributed by atoms with E-state index >= 15 is 0 Å². The summed E-state index contributed by atoms with van der Waals surface area (Å²) in [6.45, 7) is 10.6. The number of piperazine rings is 1. The normalized spacial score (nSPS) is 15.9. The predicted molar refractivity (Wildman–Crippen MR) is 106 cm³/mol. The van der Waals surface area contributed by atoms with Crippen LogP contribution in [-0.2, 0) is 4.74 Å². The van der Waals surface area contributed by atoms with E-state index in [1.54, 1.807) is 19.5 Å². The molecule has 2 rings (SSSR count). The number of ether oxygens (including phenoxy) is 1. The van der Waals surface area contributed by atoms with E-state index in [4.69, 9.17) is 4.74 Å². The Bertz CT molecular complexity index is 504. The second kappa shape index (κ2) is 12.4. The van der Waals surface area contributed by atoms with Gasteiger partial charge in [0.25, 0.3) is 0 Å². The van der Waals surface area contributed by atoms with Crippen molar-refractivity contribution in [3.8, 4) is 0 Å². The number of hydrogen-bond acceptors (Lipinski definition) is 6. The third-order valence-electron chi connectivity index (χ3n) is 4.27. The molecule has 0 aliphatic carbocycles. The molecular formula is C18H33N7O. The average molecular weight is 364 g/mol. The van der Waals surface area contributed by atoms with Gasteiger partial charge in [-0.05, 0) is 32.4 Å². The summed E-state index contributed by atoms with van der Waals surface area (Å²) in [6.07, 6.45) is 5.66. The van der Waals surface area contributed by atoms with Crippen LogP contribution in [0.25, 0.3) is 0 Å². The molecular weight excluding hydrogens is 330 g/mol. The monoisotopic (exact) mass is 363 g/mol. The number of aliphatic imine (C=N–C) groups is 1. The van der Waals surface area contributed by atoms with E-state index in [0.717, 1.165) is 83.7 Å². The van der Waals surface area contributed by atoms with Crippen LogP contribution in [0.2, 0.25) is 0 Å². The van der Waals surface area contributed by atoms with E-state index in [1.807, 2.05) is 6.07 Å². The Morgan fingerprint density at radius 1 is 1.15 bits per heavy atom. The highest BCUT2D eigenvalue weighted by Gasteiger charge is 2.18. The topological polar surface area (TPSA) is 77.9 Å². The first-order valence-corrected chi connectivity index (χ1v) is 9.59. The first-order valence-electron chi connectivity index (χ1n) is 9.59. The summed E-state index contributed by atoms with van der Waals surface area (Å²) >= 11 is 0. The Kier molecular flexibility index (Phi) is 9.74. The number of anilines is 1. The molecule has 0 aromatic carbocycles. The summed E-state index contributed by atoms with van der Waals surface area (Å²) < 4.78 is 5.06. The van der Waals surface area contributed by atoms with Crippen molar-refractivity contribution in [1.29, 1.82) is 0 Å². The number of hydrogen-bond donors (Lipinski definition) is 2. The Balaban J connectivity index is 1.60. The van der Waals surface area contributed by atoms with Crippen LogP contribution in [0.5, 0.6) is 0 Å². The Labute approximate surface area is 157 Å². The molecule has 1 saturated heterocycles. The Hall–Kier alpha value is -1.93. The van der Waals surface area contributed by atoms with Crippen LogP contribution < -0.4 is 15.5 Å². The number of rotatable bonds is 10. The van der Waals surface area contributed by atoms with Gasteiger partial charge in [-0.15, -0.1) is 0 Å². The molecule has 0 saturated carbocycles. The SMILES string of the molecule is CCNC(=NCCCOC)NCCCN1CCN(c2ncccn2)CC1. The van der Waals surface area contributed by atoms with Crippen molar-refractivity contribution in [3.63, 3.8) is 0 Å². The van der Waals surface area contributed by atoms with Crippen molar-refractivity contribution in [2.45, 2.75) is 19.8 Å². The maximum absolute atomic E-state index is 5.06. The van der Waals surface area contributed by atoms with E-state index in [0.29, 0.717) is 0 Å². The minimum atomic E-state index is 0.753. The number of methoxy groups -OCH3 is 1. The molecule has 1 aliphatic heterocycles. The molecule has 0 atom stereocenters. The molecule has 8 nitrogen and oxygen atoms in total. The molecule has 2 N–H and O–H groups in total. The summed E-state index contributed by atoms with van der Waals surface area (Å²) in [5.74, 6) is 1.74. The van der Waals surface area contributed by atoms with Crippen molar-refractivity contribution in [2.75, 3.05) is 71.0 Å². The Morgan fingerprint density at radius 2 is 1.92 bits per heavy atom. The molecule has 0 amide bonds. The highest BCUT2D eigenvalue weighted by Crippen LogP contribution is 2.09. The molecule has 8 heteroatoms. The highest BCUT2D eigenvalue weighted by molar-refractivity contribution is 5.79. The molecule has 1 fully saturated rings. The van der Waals surface area contributed by atoms with Crippen molar-refractivity contribution in [3.05, 3.63) is 18.5 Å². The van der Waals surface area contributed by atoms with Gasteiger partial charge >= 0.3 is 0 Å². The van der Waals surface area contributed by atoms with Gasteiger partial charge < -0.3 is 20.3 Å². The van der Waals surface area contributed by atoms with Crippen LogP contribution in [0.1, 0.15) is 19.8 Å². The number of nitrogens with one attached hydrogen (secondary N) is 2. The predicted octanol–water partition coefficient (Wildman–Crippen LogP) is 0.580. The fourth-order valence-electron chi connectivity index (χ4n) is 2.88. The number of aromatic nitrogens is 2. The van der Waals surface area contributed by atoms with E-state index in [9.17, 15) is 0 Å². The lowest BCUT2D eigenvalue weighted by Crippen LogP contribution is -2.47. The molecule has 1 aromatic heterocycles. The lowest BCUT2D eigenvalue weighted by molar-refractivity contribution is 0.197. The van der Waals surface area contributed by atoms with Gasteiger partial charge in [0.05, 0.1) is 0 Å². The highest BCUT2D eigenvalue weighted by atomic mass is 16.5. The summed E-state index contributed by atoms with van der Waals surface area (Å²) in [5.41, 5.74) is 0. The molecule has 1 aliphatic rings. The zero-order chi connectivity index (χ0) is 18.5. The molecule has 2 heterocycles. The summed E-state index contributed by atoms with van der Waals surface area (Å²) in [7, 11) is 1.72. The molecule has 146 valence electrons. The van der Waals surface area contributed by atoms with Gasteiger partial charge in [-0.25, -0.2) is 9.97 Å². The maximum Gasteiger partial charge on any atom is 0.225 e. The Morgan fingerprint density at radius 3 is 2.62 bits per heavy atom. The standard InChI is InChI=1S/C18H33N7O/c1-3-19-17(21-10-6-16-26-2)20-9-5-11-24-12-14-25(15-13-24)18-22-7-4-8-23-18/h4,7-8H,3,5-6,9-16H2,1-2H3,(H2,19,20,21). The molecule has 0 unspecified atom stereocenters. The molecule has 0 bridgehead atoms. The maximum atomic E-state index is 5.06. The first-order chi connectivity index (χ1) is 12.8. The lowest BCUT2D eigenvalue weighted by Gasteiger charge is -2.34. The van der Waals surface area contributed by atoms with Gasteiger partial charge in [0.15, 0.2) is 5.96 Å².